The second-order valence-electron chi connectivity index (χ2n) is 3.90. The molecule has 1 aromatic rings. The first kappa shape index (κ1) is 16.3. The van der Waals surface area contributed by atoms with E-state index in [1.165, 1.54) is 14.2 Å². The first-order chi connectivity index (χ1) is 9.69. The second-order valence-corrected chi connectivity index (χ2v) is 3.90. The number of amides is 1. The van der Waals surface area contributed by atoms with Gasteiger partial charge in [-0.25, -0.2) is 0 Å². The molecule has 6 nitrogen and oxygen atoms in total. The van der Waals surface area contributed by atoms with Gasteiger partial charge in [0.1, 0.15) is 11.5 Å². The van der Waals surface area contributed by atoms with Crippen LogP contribution in [0.15, 0.2) is 24.3 Å². The third-order valence-electron chi connectivity index (χ3n) is 2.50. The van der Waals surface area contributed by atoms with Crippen molar-refractivity contribution in [1.82, 2.24) is 5.32 Å². The van der Waals surface area contributed by atoms with Crippen molar-refractivity contribution in [3.63, 3.8) is 0 Å². The maximum atomic E-state index is 11.6. The van der Waals surface area contributed by atoms with E-state index in [4.69, 9.17) is 18.9 Å². The summed E-state index contributed by atoms with van der Waals surface area (Å²) in [6.45, 7) is 2.75. The number of methoxy groups -OCH3 is 2. The molecule has 0 atom stereocenters. The summed E-state index contributed by atoms with van der Waals surface area (Å²) in [7, 11) is 3.02. The SMILES string of the molecule is CCOc1ccc(OCC(=O)NCC(OC)OC)cc1. The van der Waals surface area contributed by atoms with Crippen LogP contribution in [0.3, 0.4) is 0 Å². The molecule has 112 valence electrons. The van der Waals surface area contributed by atoms with E-state index in [0.717, 1.165) is 5.75 Å². The summed E-state index contributed by atoms with van der Waals surface area (Å²) in [5.41, 5.74) is 0. The molecular weight excluding hydrogens is 262 g/mol. The minimum absolute atomic E-state index is 0.0614. The molecule has 0 aliphatic carbocycles. The molecule has 0 aliphatic heterocycles. The fraction of sp³-hybridized carbons (Fsp3) is 0.500. The van der Waals surface area contributed by atoms with Crippen molar-refractivity contribution in [1.29, 1.82) is 0 Å². The molecule has 0 spiro atoms. The van der Waals surface area contributed by atoms with Gasteiger partial charge in [0.2, 0.25) is 0 Å². The summed E-state index contributed by atoms with van der Waals surface area (Å²) in [4.78, 5) is 11.6. The molecule has 0 aliphatic rings. The zero-order valence-electron chi connectivity index (χ0n) is 12.0. The maximum absolute atomic E-state index is 11.6. The molecule has 0 heterocycles. The van der Waals surface area contributed by atoms with Crippen LogP contribution in [-0.4, -0.2) is 46.2 Å². The largest absolute Gasteiger partial charge is 0.494 e. The summed E-state index contributed by atoms with van der Waals surface area (Å²) in [6, 6.07) is 7.10. The first-order valence-corrected chi connectivity index (χ1v) is 6.37. The summed E-state index contributed by atoms with van der Waals surface area (Å²) < 4.78 is 20.6. The number of ether oxygens (including phenoxy) is 4. The summed E-state index contributed by atoms with van der Waals surface area (Å²) >= 11 is 0. The Balaban J connectivity index is 2.29. The van der Waals surface area contributed by atoms with E-state index < -0.39 is 6.29 Å². The van der Waals surface area contributed by atoms with Crippen LogP contribution < -0.4 is 14.8 Å². The number of carbonyl (C=O) groups is 1. The topological polar surface area (TPSA) is 66.0 Å². The van der Waals surface area contributed by atoms with Gasteiger partial charge in [-0.15, -0.1) is 0 Å². The molecule has 1 amide bonds. The quantitative estimate of drug-likeness (QED) is 0.690. The molecule has 0 radical (unpaired) electrons. The van der Waals surface area contributed by atoms with Crippen LogP contribution in [0, 0.1) is 0 Å². The predicted molar refractivity (Wildman–Crippen MR) is 73.9 cm³/mol. The first-order valence-electron chi connectivity index (χ1n) is 6.37. The molecule has 1 N–H and O–H groups in total. The Morgan fingerprint density at radius 2 is 1.65 bits per heavy atom. The Kier molecular flexibility index (Phi) is 7.46. The summed E-state index contributed by atoms with van der Waals surface area (Å²) in [5, 5.41) is 2.65. The molecule has 0 bridgehead atoms. The third kappa shape index (κ3) is 5.90. The van der Waals surface area contributed by atoms with E-state index in [1.807, 2.05) is 6.92 Å². The average molecular weight is 283 g/mol. The Morgan fingerprint density at radius 3 is 2.15 bits per heavy atom. The van der Waals surface area contributed by atoms with Gasteiger partial charge in [-0.2, -0.15) is 0 Å². The number of hydrogen-bond acceptors (Lipinski definition) is 5. The van der Waals surface area contributed by atoms with Gasteiger partial charge in [0.15, 0.2) is 12.9 Å². The van der Waals surface area contributed by atoms with Crippen molar-refractivity contribution < 1.29 is 23.7 Å². The maximum Gasteiger partial charge on any atom is 0.258 e. The van der Waals surface area contributed by atoms with E-state index in [-0.39, 0.29) is 19.1 Å². The van der Waals surface area contributed by atoms with Crippen molar-refractivity contribution in [2.24, 2.45) is 0 Å². The Morgan fingerprint density at radius 1 is 1.10 bits per heavy atom. The van der Waals surface area contributed by atoms with E-state index in [0.29, 0.717) is 12.4 Å². The zero-order valence-corrected chi connectivity index (χ0v) is 12.0. The van der Waals surface area contributed by atoms with Crippen molar-refractivity contribution in [3.05, 3.63) is 24.3 Å². The van der Waals surface area contributed by atoms with Gasteiger partial charge < -0.3 is 24.3 Å². The third-order valence-corrected chi connectivity index (χ3v) is 2.50. The Labute approximate surface area is 119 Å². The normalized spacial score (nSPS) is 10.4. The molecule has 0 saturated carbocycles. The van der Waals surface area contributed by atoms with Crippen molar-refractivity contribution in [2.45, 2.75) is 13.2 Å². The predicted octanol–water partition coefficient (Wildman–Crippen LogP) is 1.20. The standard InChI is InChI=1S/C14H21NO5/c1-4-19-11-5-7-12(8-6-11)20-10-13(16)15-9-14(17-2)18-3/h5-8,14H,4,9-10H2,1-3H3,(H,15,16). The van der Waals surface area contributed by atoms with Crippen LogP contribution in [0.5, 0.6) is 11.5 Å². The van der Waals surface area contributed by atoms with Crippen molar-refractivity contribution in [3.8, 4) is 11.5 Å². The molecule has 0 fully saturated rings. The van der Waals surface area contributed by atoms with Crippen LogP contribution in [0.1, 0.15) is 6.92 Å². The molecule has 1 rings (SSSR count). The van der Waals surface area contributed by atoms with E-state index >= 15 is 0 Å². The molecule has 0 unspecified atom stereocenters. The minimum atomic E-state index is -0.454. The monoisotopic (exact) mass is 283 g/mol. The van der Waals surface area contributed by atoms with E-state index in [1.54, 1.807) is 24.3 Å². The number of hydrogen-bond donors (Lipinski definition) is 1. The number of carbonyl (C=O) groups excluding carboxylic acids is 1. The van der Waals surface area contributed by atoms with Gasteiger partial charge in [-0.05, 0) is 31.2 Å². The lowest BCUT2D eigenvalue weighted by molar-refractivity contribution is -0.129. The van der Waals surface area contributed by atoms with Crippen LogP contribution in [0.25, 0.3) is 0 Å². The molecule has 1 aromatic carbocycles. The highest BCUT2D eigenvalue weighted by Crippen LogP contribution is 2.17. The van der Waals surface area contributed by atoms with E-state index in [2.05, 4.69) is 5.32 Å². The lowest BCUT2D eigenvalue weighted by atomic mass is 10.3. The van der Waals surface area contributed by atoms with Crippen LogP contribution >= 0.6 is 0 Å². The summed E-state index contributed by atoms with van der Waals surface area (Å²) in [5.74, 6) is 1.14. The Hall–Kier alpha value is -1.79. The van der Waals surface area contributed by atoms with Gasteiger partial charge in [-0.1, -0.05) is 0 Å². The number of nitrogens with one attached hydrogen (secondary N) is 1. The molecule has 0 saturated heterocycles. The van der Waals surface area contributed by atoms with Gasteiger partial charge in [0.05, 0.1) is 13.2 Å². The lowest BCUT2D eigenvalue weighted by Gasteiger charge is -2.14. The Bertz CT molecular complexity index is 389. The second kappa shape index (κ2) is 9.17. The van der Waals surface area contributed by atoms with E-state index in [9.17, 15) is 4.79 Å². The highest BCUT2D eigenvalue weighted by atomic mass is 16.7. The minimum Gasteiger partial charge on any atom is -0.494 e. The highest BCUT2D eigenvalue weighted by molar-refractivity contribution is 5.77. The van der Waals surface area contributed by atoms with Gasteiger partial charge in [0.25, 0.3) is 5.91 Å². The van der Waals surface area contributed by atoms with Gasteiger partial charge >= 0.3 is 0 Å². The smallest absolute Gasteiger partial charge is 0.258 e. The van der Waals surface area contributed by atoms with Gasteiger partial charge in [-0.3, -0.25) is 4.79 Å². The lowest BCUT2D eigenvalue weighted by Crippen LogP contribution is -2.36. The zero-order chi connectivity index (χ0) is 14.8. The van der Waals surface area contributed by atoms with Crippen LogP contribution in [0.4, 0.5) is 0 Å². The molecule has 0 aromatic heterocycles. The molecular formula is C14H21NO5. The van der Waals surface area contributed by atoms with Crippen LogP contribution in [-0.2, 0) is 14.3 Å². The fourth-order valence-corrected chi connectivity index (χ4v) is 1.46. The molecule has 20 heavy (non-hydrogen) atoms. The molecule has 6 heteroatoms. The van der Waals surface area contributed by atoms with Crippen molar-refractivity contribution >= 4 is 5.91 Å². The fourth-order valence-electron chi connectivity index (χ4n) is 1.46. The highest BCUT2D eigenvalue weighted by Gasteiger charge is 2.08. The summed E-state index contributed by atoms with van der Waals surface area (Å²) in [6.07, 6.45) is -0.454. The number of rotatable bonds is 9. The number of benzene rings is 1. The van der Waals surface area contributed by atoms with Crippen molar-refractivity contribution in [2.75, 3.05) is 34.0 Å². The van der Waals surface area contributed by atoms with Crippen LogP contribution in [0.2, 0.25) is 0 Å². The van der Waals surface area contributed by atoms with Gasteiger partial charge in [0, 0.05) is 14.2 Å². The average Bonchev–Trinajstić information content (AvgIpc) is 2.48.